The predicted octanol–water partition coefficient (Wildman–Crippen LogP) is 1.37. The number of carbonyl (C=O) groups is 1. The molecule has 2 N–H and O–H groups in total. The van der Waals surface area contributed by atoms with E-state index < -0.39 is 5.60 Å². The van der Waals surface area contributed by atoms with Crippen molar-refractivity contribution < 1.29 is 9.53 Å². The first kappa shape index (κ1) is 13.6. The highest BCUT2D eigenvalue weighted by Crippen LogP contribution is 2.21. The molecule has 1 aliphatic heterocycles. The van der Waals surface area contributed by atoms with E-state index in [-0.39, 0.29) is 6.09 Å². The molecule has 0 spiro atoms. The summed E-state index contributed by atoms with van der Waals surface area (Å²) in [4.78, 5) is 16.5. The van der Waals surface area contributed by atoms with E-state index in [1.54, 1.807) is 16.8 Å². The molecule has 1 saturated heterocycles. The number of nitrogens with zero attached hydrogens (tertiary/aromatic N) is 1. The summed E-state index contributed by atoms with van der Waals surface area (Å²) in [5, 5.41) is 0.431. The summed E-state index contributed by atoms with van der Waals surface area (Å²) in [5.74, 6) is 0. The number of nitrogens with one attached hydrogen (secondary N) is 2. The summed E-state index contributed by atoms with van der Waals surface area (Å²) >= 11 is 1.61. The number of carbonyl (C=O) groups excluding carboxylic acids is 1. The molecular formula is C10H21N3O2S. The standard InChI is InChI=1S/C10H21N3O2S/c1-10(2,3)15-9(14)13-6-5-8(7-13)16-12-11-4/h8,11-12H,5-7H2,1-4H3. The van der Waals surface area contributed by atoms with E-state index in [0.717, 1.165) is 19.5 Å². The smallest absolute Gasteiger partial charge is 0.410 e. The highest BCUT2D eigenvalue weighted by atomic mass is 32.2. The fourth-order valence-electron chi connectivity index (χ4n) is 1.46. The van der Waals surface area contributed by atoms with Crippen LogP contribution >= 0.6 is 11.9 Å². The Kier molecular flexibility index (Phi) is 4.89. The number of amides is 1. The normalized spacial score (nSPS) is 21.2. The van der Waals surface area contributed by atoms with Gasteiger partial charge in [-0.15, -0.1) is 0 Å². The lowest BCUT2D eigenvalue weighted by Gasteiger charge is -2.24. The quantitative estimate of drug-likeness (QED) is 0.583. The van der Waals surface area contributed by atoms with E-state index >= 15 is 0 Å². The Morgan fingerprint density at radius 2 is 2.19 bits per heavy atom. The first-order valence-corrected chi connectivity index (χ1v) is 6.35. The van der Waals surface area contributed by atoms with Crippen LogP contribution in [0.5, 0.6) is 0 Å². The van der Waals surface area contributed by atoms with Crippen molar-refractivity contribution in [3.05, 3.63) is 0 Å². The van der Waals surface area contributed by atoms with Crippen molar-refractivity contribution in [2.45, 2.75) is 38.0 Å². The van der Waals surface area contributed by atoms with Crippen molar-refractivity contribution in [1.82, 2.24) is 15.2 Å². The molecule has 1 atom stereocenters. The van der Waals surface area contributed by atoms with E-state index in [1.165, 1.54) is 0 Å². The lowest BCUT2D eigenvalue weighted by Crippen LogP contribution is -2.36. The van der Waals surface area contributed by atoms with Gasteiger partial charge in [-0.3, -0.25) is 5.43 Å². The highest BCUT2D eigenvalue weighted by Gasteiger charge is 2.29. The summed E-state index contributed by atoms with van der Waals surface area (Å²) in [7, 11) is 1.83. The van der Waals surface area contributed by atoms with E-state index in [0.29, 0.717) is 5.25 Å². The van der Waals surface area contributed by atoms with Gasteiger partial charge in [0.05, 0.1) is 0 Å². The van der Waals surface area contributed by atoms with E-state index in [9.17, 15) is 4.79 Å². The van der Waals surface area contributed by atoms with Gasteiger partial charge in [-0.2, -0.15) is 0 Å². The Morgan fingerprint density at radius 1 is 1.50 bits per heavy atom. The Bertz CT molecular complexity index is 243. The predicted molar refractivity (Wildman–Crippen MR) is 66.0 cm³/mol. The third kappa shape index (κ3) is 4.59. The molecule has 5 nitrogen and oxygen atoms in total. The van der Waals surface area contributed by atoms with Crippen LogP contribution < -0.4 is 10.3 Å². The first-order valence-electron chi connectivity index (χ1n) is 5.47. The van der Waals surface area contributed by atoms with Gasteiger partial charge in [0.15, 0.2) is 0 Å². The molecule has 0 aromatic heterocycles. The first-order chi connectivity index (χ1) is 7.42. The summed E-state index contributed by atoms with van der Waals surface area (Å²) in [6.07, 6.45) is 0.790. The molecule has 0 saturated carbocycles. The molecule has 1 aliphatic rings. The van der Waals surface area contributed by atoms with Gasteiger partial charge in [0, 0.05) is 18.3 Å². The molecule has 1 amide bonds. The van der Waals surface area contributed by atoms with Gasteiger partial charge in [0.1, 0.15) is 5.60 Å². The topological polar surface area (TPSA) is 53.6 Å². The van der Waals surface area contributed by atoms with Gasteiger partial charge in [-0.25, -0.2) is 9.63 Å². The van der Waals surface area contributed by atoms with Crippen molar-refractivity contribution in [2.75, 3.05) is 20.1 Å². The second-order valence-corrected chi connectivity index (χ2v) is 5.91. The SMILES string of the molecule is CNNSC1CCN(C(=O)OC(C)(C)C)C1. The molecule has 1 unspecified atom stereocenters. The molecule has 0 aromatic carbocycles. The van der Waals surface area contributed by atoms with Gasteiger partial charge in [-0.05, 0) is 34.2 Å². The maximum absolute atomic E-state index is 11.7. The Morgan fingerprint density at radius 3 is 2.75 bits per heavy atom. The van der Waals surface area contributed by atoms with Gasteiger partial charge in [0.25, 0.3) is 0 Å². The van der Waals surface area contributed by atoms with Crippen LogP contribution in [-0.4, -0.2) is 42.0 Å². The summed E-state index contributed by atoms with van der Waals surface area (Å²) in [6.45, 7) is 7.17. The largest absolute Gasteiger partial charge is 0.444 e. The van der Waals surface area contributed by atoms with Crippen LogP contribution in [0, 0.1) is 0 Å². The second kappa shape index (κ2) is 5.75. The summed E-state index contributed by atoms with van der Waals surface area (Å²) < 4.78 is 5.32. The molecule has 0 aliphatic carbocycles. The third-order valence-corrected chi connectivity index (χ3v) is 3.16. The Labute approximate surface area is 101 Å². The van der Waals surface area contributed by atoms with Crippen molar-refractivity contribution in [3.8, 4) is 0 Å². The van der Waals surface area contributed by atoms with Crippen molar-refractivity contribution in [1.29, 1.82) is 0 Å². The Hall–Kier alpha value is -0.460. The van der Waals surface area contributed by atoms with E-state index in [2.05, 4.69) is 10.3 Å². The zero-order valence-corrected chi connectivity index (χ0v) is 11.2. The molecule has 0 bridgehead atoms. The van der Waals surface area contributed by atoms with Gasteiger partial charge >= 0.3 is 6.09 Å². The van der Waals surface area contributed by atoms with Crippen molar-refractivity contribution in [3.63, 3.8) is 0 Å². The lowest BCUT2D eigenvalue weighted by atomic mass is 10.2. The van der Waals surface area contributed by atoms with Crippen molar-refractivity contribution >= 4 is 18.0 Å². The summed E-state index contributed by atoms with van der Waals surface area (Å²) in [6, 6.07) is 0. The number of hydrazine groups is 1. The van der Waals surface area contributed by atoms with Crippen molar-refractivity contribution in [2.24, 2.45) is 0 Å². The zero-order valence-electron chi connectivity index (χ0n) is 10.4. The number of likely N-dealkylation sites (tertiary alicyclic amines) is 1. The van der Waals surface area contributed by atoms with Crippen LogP contribution in [0.3, 0.4) is 0 Å². The molecule has 1 rings (SSSR count). The Balaban J connectivity index is 2.32. The van der Waals surface area contributed by atoms with Gasteiger partial charge < -0.3 is 9.64 Å². The molecule has 1 fully saturated rings. The minimum atomic E-state index is -0.411. The molecule has 1 heterocycles. The molecule has 16 heavy (non-hydrogen) atoms. The minimum Gasteiger partial charge on any atom is -0.444 e. The monoisotopic (exact) mass is 247 g/mol. The summed E-state index contributed by atoms with van der Waals surface area (Å²) in [5.41, 5.74) is 2.44. The van der Waals surface area contributed by atoms with E-state index in [1.807, 2.05) is 27.8 Å². The lowest BCUT2D eigenvalue weighted by molar-refractivity contribution is 0.0295. The van der Waals surface area contributed by atoms with Crippen LogP contribution in [-0.2, 0) is 4.74 Å². The molecule has 6 heteroatoms. The number of rotatable bonds is 3. The molecule has 0 radical (unpaired) electrons. The minimum absolute atomic E-state index is 0.208. The fraction of sp³-hybridized carbons (Fsp3) is 0.900. The third-order valence-electron chi connectivity index (χ3n) is 2.12. The van der Waals surface area contributed by atoms with Gasteiger partial charge in [0.2, 0.25) is 0 Å². The maximum atomic E-state index is 11.7. The molecule has 94 valence electrons. The molecular weight excluding hydrogens is 226 g/mol. The van der Waals surface area contributed by atoms with Crippen LogP contribution in [0.4, 0.5) is 4.79 Å². The number of ether oxygens (including phenoxy) is 1. The number of hydrogen-bond acceptors (Lipinski definition) is 5. The van der Waals surface area contributed by atoms with Gasteiger partial charge in [-0.1, -0.05) is 11.9 Å². The van der Waals surface area contributed by atoms with Crippen LogP contribution in [0.1, 0.15) is 27.2 Å². The van der Waals surface area contributed by atoms with E-state index in [4.69, 9.17) is 4.74 Å². The second-order valence-electron chi connectivity index (χ2n) is 4.81. The maximum Gasteiger partial charge on any atom is 0.410 e. The fourth-order valence-corrected chi connectivity index (χ4v) is 2.22. The number of hydrogen-bond donors (Lipinski definition) is 2. The van der Waals surface area contributed by atoms with Crippen LogP contribution in [0.25, 0.3) is 0 Å². The highest BCUT2D eigenvalue weighted by molar-refractivity contribution is 7.98. The average molecular weight is 247 g/mol. The zero-order chi connectivity index (χ0) is 12.2. The van der Waals surface area contributed by atoms with Crippen LogP contribution in [0.2, 0.25) is 0 Å². The molecule has 0 aromatic rings. The van der Waals surface area contributed by atoms with Crippen LogP contribution in [0.15, 0.2) is 0 Å². The average Bonchev–Trinajstić information content (AvgIpc) is 2.60.